The zero-order valence-corrected chi connectivity index (χ0v) is 12.8. The largest absolute Gasteiger partial charge is 0.494 e. The number of likely N-dealkylation sites (tertiary alicyclic amines) is 1. The summed E-state index contributed by atoms with van der Waals surface area (Å²) >= 11 is 0. The van der Waals surface area contributed by atoms with Gasteiger partial charge in [-0.3, -0.25) is 9.69 Å². The molecule has 0 bridgehead atoms. The van der Waals surface area contributed by atoms with E-state index < -0.39 is 0 Å². The summed E-state index contributed by atoms with van der Waals surface area (Å²) in [6.45, 7) is 9.71. The number of ether oxygens (including phenoxy) is 1. The zero-order chi connectivity index (χ0) is 14.5. The fourth-order valence-corrected chi connectivity index (χ4v) is 2.85. The zero-order valence-electron chi connectivity index (χ0n) is 12.8. The van der Waals surface area contributed by atoms with Crippen molar-refractivity contribution in [3.63, 3.8) is 0 Å². The maximum atomic E-state index is 11.5. The Labute approximate surface area is 121 Å². The van der Waals surface area contributed by atoms with Crippen molar-refractivity contribution in [2.24, 2.45) is 5.92 Å². The number of ketones is 1. The van der Waals surface area contributed by atoms with Gasteiger partial charge in [0.15, 0.2) is 5.78 Å². The van der Waals surface area contributed by atoms with Gasteiger partial charge in [0.25, 0.3) is 0 Å². The first-order chi connectivity index (χ1) is 9.63. The maximum absolute atomic E-state index is 11.5. The maximum Gasteiger partial charge on any atom is 0.159 e. The predicted molar refractivity (Wildman–Crippen MR) is 81.3 cm³/mol. The minimum absolute atomic E-state index is 0.113. The highest BCUT2D eigenvalue weighted by molar-refractivity contribution is 5.94. The smallest absolute Gasteiger partial charge is 0.159 e. The van der Waals surface area contributed by atoms with Crippen LogP contribution in [0.3, 0.4) is 0 Å². The topological polar surface area (TPSA) is 29.5 Å². The number of nitrogens with zero attached hydrogens (tertiary/aromatic N) is 1. The molecule has 1 aliphatic heterocycles. The van der Waals surface area contributed by atoms with E-state index in [2.05, 4.69) is 11.8 Å². The van der Waals surface area contributed by atoms with Crippen LogP contribution in [-0.4, -0.2) is 30.4 Å². The second-order valence-electron chi connectivity index (χ2n) is 5.61. The number of hydrogen-bond acceptors (Lipinski definition) is 3. The molecule has 0 N–H and O–H groups in total. The summed E-state index contributed by atoms with van der Waals surface area (Å²) in [6.07, 6.45) is 2.54. The van der Waals surface area contributed by atoms with Gasteiger partial charge in [-0.1, -0.05) is 13.3 Å². The van der Waals surface area contributed by atoms with Crippen LogP contribution in [0.15, 0.2) is 18.2 Å². The first-order valence-corrected chi connectivity index (χ1v) is 7.63. The van der Waals surface area contributed by atoms with E-state index >= 15 is 0 Å². The summed E-state index contributed by atoms with van der Waals surface area (Å²) in [4.78, 5) is 14.0. The number of rotatable bonds is 6. The molecule has 1 fully saturated rings. The van der Waals surface area contributed by atoms with Crippen molar-refractivity contribution in [1.29, 1.82) is 0 Å². The van der Waals surface area contributed by atoms with Crippen LogP contribution in [0.25, 0.3) is 0 Å². The highest BCUT2D eigenvalue weighted by atomic mass is 16.5. The van der Waals surface area contributed by atoms with Crippen LogP contribution >= 0.6 is 0 Å². The summed E-state index contributed by atoms with van der Waals surface area (Å²) in [5, 5.41) is 0. The molecule has 1 saturated heterocycles. The van der Waals surface area contributed by atoms with Crippen LogP contribution in [0.5, 0.6) is 5.75 Å². The van der Waals surface area contributed by atoms with Crippen molar-refractivity contribution in [3.05, 3.63) is 29.3 Å². The van der Waals surface area contributed by atoms with E-state index in [0.717, 1.165) is 42.4 Å². The Morgan fingerprint density at radius 2 is 2.20 bits per heavy atom. The fraction of sp³-hybridized carbons (Fsp3) is 0.588. The van der Waals surface area contributed by atoms with Crippen molar-refractivity contribution >= 4 is 5.78 Å². The molecule has 1 unspecified atom stereocenters. The normalized spacial score (nSPS) is 19.2. The van der Waals surface area contributed by atoms with Crippen LogP contribution in [0.2, 0.25) is 0 Å². The Morgan fingerprint density at radius 3 is 2.80 bits per heavy atom. The molecule has 0 radical (unpaired) electrons. The van der Waals surface area contributed by atoms with Crippen LogP contribution < -0.4 is 4.74 Å². The molecule has 3 heteroatoms. The average molecular weight is 275 g/mol. The standard InChI is InChI=1S/C17H25NO2/c1-4-14-8-9-18(11-14)12-16-10-15(13(3)19)6-7-17(16)20-5-2/h6-7,10,14H,4-5,8-9,11-12H2,1-3H3. The van der Waals surface area contributed by atoms with Gasteiger partial charge in [-0.25, -0.2) is 0 Å². The molecular weight excluding hydrogens is 250 g/mol. The molecule has 1 aromatic carbocycles. The number of hydrogen-bond donors (Lipinski definition) is 0. The molecular formula is C17H25NO2. The number of carbonyl (C=O) groups is 1. The van der Waals surface area contributed by atoms with Gasteiger partial charge in [0.1, 0.15) is 5.75 Å². The number of benzene rings is 1. The van der Waals surface area contributed by atoms with Gasteiger partial charge in [0.2, 0.25) is 0 Å². The Kier molecular flexibility index (Phi) is 5.18. The van der Waals surface area contributed by atoms with Crippen LogP contribution in [-0.2, 0) is 6.54 Å². The highest BCUT2D eigenvalue weighted by Gasteiger charge is 2.22. The first-order valence-electron chi connectivity index (χ1n) is 7.63. The minimum Gasteiger partial charge on any atom is -0.494 e. The SMILES string of the molecule is CCOc1ccc(C(C)=O)cc1CN1CCC(CC)C1. The van der Waals surface area contributed by atoms with Gasteiger partial charge in [-0.15, -0.1) is 0 Å². The molecule has 0 aliphatic carbocycles. The molecule has 20 heavy (non-hydrogen) atoms. The second kappa shape index (κ2) is 6.89. The first kappa shape index (κ1) is 15.0. The lowest BCUT2D eigenvalue weighted by atomic mass is 10.1. The fourth-order valence-electron chi connectivity index (χ4n) is 2.85. The van der Waals surface area contributed by atoms with Gasteiger partial charge < -0.3 is 4.74 Å². The molecule has 3 nitrogen and oxygen atoms in total. The number of carbonyl (C=O) groups excluding carboxylic acids is 1. The average Bonchev–Trinajstić information content (AvgIpc) is 2.88. The molecule has 1 aromatic rings. The molecule has 0 amide bonds. The Bertz CT molecular complexity index is 470. The van der Waals surface area contributed by atoms with Gasteiger partial charge >= 0.3 is 0 Å². The van der Waals surface area contributed by atoms with Crippen molar-refractivity contribution < 1.29 is 9.53 Å². The summed E-state index contributed by atoms with van der Waals surface area (Å²) in [6, 6.07) is 5.78. The van der Waals surface area contributed by atoms with Gasteiger partial charge in [0, 0.05) is 24.2 Å². The monoisotopic (exact) mass is 275 g/mol. The molecule has 110 valence electrons. The lowest BCUT2D eigenvalue weighted by Crippen LogP contribution is -2.20. The summed E-state index contributed by atoms with van der Waals surface area (Å²) in [5.74, 6) is 1.85. The minimum atomic E-state index is 0.113. The number of Topliss-reactive ketones (excluding diaryl/α,β-unsaturated/α-hetero) is 1. The van der Waals surface area contributed by atoms with Crippen LogP contribution in [0.4, 0.5) is 0 Å². The third kappa shape index (κ3) is 3.60. The molecule has 1 heterocycles. The highest BCUT2D eigenvalue weighted by Crippen LogP contribution is 2.26. The molecule has 0 saturated carbocycles. The lowest BCUT2D eigenvalue weighted by molar-refractivity contribution is 0.101. The quantitative estimate of drug-likeness (QED) is 0.744. The molecule has 1 aliphatic rings. The van der Waals surface area contributed by atoms with Crippen molar-refractivity contribution in [3.8, 4) is 5.75 Å². The van der Waals surface area contributed by atoms with E-state index in [1.54, 1.807) is 6.92 Å². The molecule has 2 rings (SSSR count). The lowest BCUT2D eigenvalue weighted by Gasteiger charge is -2.19. The van der Waals surface area contributed by atoms with E-state index in [4.69, 9.17) is 4.74 Å². The van der Waals surface area contributed by atoms with E-state index in [9.17, 15) is 4.79 Å². The Morgan fingerprint density at radius 1 is 1.40 bits per heavy atom. The third-order valence-corrected chi connectivity index (χ3v) is 4.11. The summed E-state index contributed by atoms with van der Waals surface area (Å²) in [7, 11) is 0. The van der Waals surface area contributed by atoms with Crippen molar-refractivity contribution in [2.45, 2.75) is 40.2 Å². The van der Waals surface area contributed by atoms with Crippen molar-refractivity contribution in [1.82, 2.24) is 4.90 Å². The van der Waals surface area contributed by atoms with Crippen LogP contribution in [0, 0.1) is 5.92 Å². The second-order valence-corrected chi connectivity index (χ2v) is 5.61. The van der Waals surface area contributed by atoms with Crippen LogP contribution in [0.1, 0.15) is 49.5 Å². The van der Waals surface area contributed by atoms with E-state index in [0.29, 0.717) is 6.61 Å². The van der Waals surface area contributed by atoms with Gasteiger partial charge in [-0.05, 0) is 50.9 Å². The summed E-state index contributed by atoms with van der Waals surface area (Å²) < 4.78 is 5.70. The van der Waals surface area contributed by atoms with Gasteiger partial charge in [-0.2, -0.15) is 0 Å². The Hall–Kier alpha value is -1.35. The van der Waals surface area contributed by atoms with E-state index in [1.807, 2.05) is 25.1 Å². The summed E-state index contributed by atoms with van der Waals surface area (Å²) in [5.41, 5.74) is 1.91. The molecule has 0 spiro atoms. The van der Waals surface area contributed by atoms with E-state index in [1.165, 1.54) is 12.8 Å². The molecule has 0 aromatic heterocycles. The third-order valence-electron chi connectivity index (χ3n) is 4.11. The van der Waals surface area contributed by atoms with E-state index in [-0.39, 0.29) is 5.78 Å². The van der Waals surface area contributed by atoms with Gasteiger partial charge in [0.05, 0.1) is 6.61 Å². The molecule has 1 atom stereocenters. The Balaban J connectivity index is 2.15. The van der Waals surface area contributed by atoms with Crippen molar-refractivity contribution in [2.75, 3.05) is 19.7 Å². The predicted octanol–water partition coefficient (Wildman–Crippen LogP) is 3.52.